The van der Waals surface area contributed by atoms with Crippen molar-refractivity contribution in [2.24, 2.45) is 0 Å². The highest BCUT2D eigenvalue weighted by Gasteiger charge is 2.41. The number of halogens is 1. The van der Waals surface area contributed by atoms with Crippen LogP contribution in [0, 0.1) is 0 Å². The topological polar surface area (TPSA) is 40.5 Å². The first-order valence-electron chi connectivity index (χ1n) is 6.33. The van der Waals surface area contributed by atoms with Crippen molar-refractivity contribution < 1.29 is 10.2 Å². The number of benzene rings is 2. The van der Waals surface area contributed by atoms with E-state index in [1.807, 2.05) is 0 Å². The van der Waals surface area contributed by atoms with E-state index in [9.17, 15) is 10.2 Å². The van der Waals surface area contributed by atoms with Crippen LogP contribution in [0.5, 0.6) is 11.5 Å². The summed E-state index contributed by atoms with van der Waals surface area (Å²) in [6, 6.07) is 5.28. The first-order valence-corrected chi connectivity index (χ1v) is 6.71. The third-order valence-corrected chi connectivity index (χ3v) is 4.78. The van der Waals surface area contributed by atoms with Crippen LogP contribution >= 0.6 is 11.6 Å². The summed E-state index contributed by atoms with van der Waals surface area (Å²) in [5.74, 6) is 1.52. The van der Waals surface area contributed by atoms with Crippen molar-refractivity contribution in [3.8, 4) is 11.5 Å². The molecule has 2 aromatic carbocycles. The summed E-state index contributed by atoms with van der Waals surface area (Å²) in [6.07, 6.45) is 3.32. The smallest absolute Gasteiger partial charge is 0.127 e. The molecule has 0 saturated heterocycles. The Morgan fingerprint density at radius 2 is 1.56 bits per heavy atom. The van der Waals surface area contributed by atoms with Gasteiger partial charge in [-0.3, -0.25) is 0 Å². The van der Waals surface area contributed by atoms with Crippen molar-refractivity contribution in [2.45, 2.75) is 31.1 Å². The van der Waals surface area contributed by atoms with Crippen LogP contribution in [0.3, 0.4) is 0 Å². The maximum absolute atomic E-state index is 10.5. The highest BCUT2D eigenvalue weighted by molar-refractivity contribution is 6.31. The molecule has 2 atom stereocenters. The lowest BCUT2D eigenvalue weighted by Gasteiger charge is -2.20. The number of aromatic hydroxyl groups is 2. The Bertz CT molecular complexity index is 678. The lowest BCUT2D eigenvalue weighted by atomic mass is 9.87. The Balaban J connectivity index is 2.17. The summed E-state index contributed by atoms with van der Waals surface area (Å²) >= 11 is 5.98. The van der Waals surface area contributed by atoms with Crippen molar-refractivity contribution in [2.75, 3.05) is 0 Å². The molecule has 4 rings (SSSR count). The highest BCUT2D eigenvalue weighted by atomic mass is 35.5. The molecule has 0 amide bonds. The molecule has 0 radical (unpaired) electrons. The van der Waals surface area contributed by atoms with E-state index in [-0.39, 0.29) is 0 Å². The number of hydrogen-bond acceptors (Lipinski definition) is 2. The Kier molecular flexibility index (Phi) is 1.94. The number of fused-ring (bicyclic) bond motifs is 6. The predicted molar refractivity (Wildman–Crippen MR) is 71.6 cm³/mol. The molecule has 1 fully saturated rings. The zero-order valence-electron chi connectivity index (χ0n) is 9.78. The highest BCUT2D eigenvalue weighted by Crippen LogP contribution is 2.60. The fourth-order valence-electron chi connectivity index (χ4n) is 3.80. The van der Waals surface area contributed by atoms with Gasteiger partial charge < -0.3 is 10.2 Å². The Labute approximate surface area is 110 Å². The Morgan fingerprint density at radius 1 is 0.944 bits per heavy atom. The van der Waals surface area contributed by atoms with E-state index in [4.69, 9.17) is 11.6 Å². The SMILES string of the molecule is Oc1c2c(c(O)c3cc(Cl)ccc13)C1CCC2C1. The zero-order chi connectivity index (χ0) is 12.4. The van der Waals surface area contributed by atoms with Gasteiger partial charge in [0.2, 0.25) is 0 Å². The number of phenols is 2. The van der Waals surface area contributed by atoms with Crippen molar-refractivity contribution in [1.29, 1.82) is 0 Å². The van der Waals surface area contributed by atoms with Gasteiger partial charge in [0.25, 0.3) is 0 Å². The molecule has 2 unspecified atom stereocenters. The van der Waals surface area contributed by atoms with Gasteiger partial charge in [-0.05, 0) is 49.3 Å². The fraction of sp³-hybridized carbons (Fsp3) is 0.333. The number of rotatable bonds is 0. The molecule has 18 heavy (non-hydrogen) atoms. The zero-order valence-corrected chi connectivity index (χ0v) is 10.5. The Hall–Kier alpha value is -1.41. The van der Waals surface area contributed by atoms with E-state index in [1.165, 1.54) is 0 Å². The minimum absolute atomic E-state index is 0.326. The maximum Gasteiger partial charge on any atom is 0.127 e. The van der Waals surface area contributed by atoms with Crippen LogP contribution in [0.25, 0.3) is 10.8 Å². The summed E-state index contributed by atoms with van der Waals surface area (Å²) < 4.78 is 0. The second-order valence-corrected chi connectivity index (χ2v) is 5.86. The summed E-state index contributed by atoms with van der Waals surface area (Å²) in [5, 5.41) is 22.9. The molecular weight excluding hydrogens is 248 g/mol. The average Bonchev–Trinajstić information content (AvgIpc) is 2.96. The van der Waals surface area contributed by atoms with Crippen LogP contribution in [-0.4, -0.2) is 10.2 Å². The van der Waals surface area contributed by atoms with Crippen LogP contribution in [0.2, 0.25) is 5.02 Å². The molecule has 2 aliphatic carbocycles. The third-order valence-electron chi connectivity index (χ3n) is 4.54. The van der Waals surface area contributed by atoms with Gasteiger partial charge in [0, 0.05) is 26.9 Å². The van der Waals surface area contributed by atoms with E-state index >= 15 is 0 Å². The number of hydrogen-bond donors (Lipinski definition) is 2. The largest absolute Gasteiger partial charge is 0.507 e. The summed E-state index contributed by atoms with van der Waals surface area (Å²) in [5.41, 5.74) is 1.96. The van der Waals surface area contributed by atoms with Gasteiger partial charge in [0.1, 0.15) is 11.5 Å². The molecule has 0 spiro atoms. The molecule has 2 aromatic rings. The minimum atomic E-state index is 0.326. The lowest BCUT2D eigenvalue weighted by Crippen LogP contribution is -1.99. The molecule has 2 N–H and O–H groups in total. The van der Waals surface area contributed by atoms with Gasteiger partial charge in [-0.2, -0.15) is 0 Å². The predicted octanol–water partition coefficient (Wildman–Crippen LogP) is 4.27. The molecule has 2 aliphatic rings. The van der Waals surface area contributed by atoms with Gasteiger partial charge >= 0.3 is 0 Å². The van der Waals surface area contributed by atoms with E-state index < -0.39 is 0 Å². The van der Waals surface area contributed by atoms with E-state index in [1.54, 1.807) is 18.2 Å². The van der Waals surface area contributed by atoms with Crippen molar-refractivity contribution in [1.82, 2.24) is 0 Å². The van der Waals surface area contributed by atoms with E-state index in [0.29, 0.717) is 39.1 Å². The molecule has 92 valence electrons. The summed E-state index contributed by atoms with van der Waals surface area (Å²) in [7, 11) is 0. The van der Waals surface area contributed by atoms with Gasteiger partial charge in [-0.1, -0.05) is 11.6 Å². The van der Waals surface area contributed by atoms with Crippen LogP contribution < -0.4 is 0 Å². The van der Waals surface area contributed by atoms with Crippen LogP contribution in [0.15, 0.2) is 18.2 Å². The second-order valence-electron chi connectivity index (χ2n) is 5.42. The summed E-state index contributed by atoms with van der Waals surface area (Å²) in [6.45, 7) is 0. The minimum Gasteiger partial charge on any atom is -0.507 e. The van der Waals surface area contributed by atoms with Crippen LogP contribution in [-0.2, 0) is 0 Å². The van der Waals surface area contributed by atoms with Gasteiger partial charge in [-0.15, -0.1) is 0 Å². The average molecular weight is 261 g/mol. The van der Waals surface area contributed by atoms with E-state index in [2.05, 4.69) is 0 Å². The van der Waals surface area contributed by atoms with Gasteiger partial charge in [0.05, 0.1) is 0 Å². The fourth-order valence-corrected chi connectivity index (χ4v) is 3.97. The summed E-state index contributed by atoms with van der Waals surface area (Å²) in [4.78, 5) is 0. The molecule has 0 aliphatic heterocycles. The third kappa shape index (κ3) is 1.14. The molecule has 3 heteroatoms. The first-order chi connectivity index (χ1) is 8.66. The maximum atomic E-state index is 10.5. The molecule has 0 heterocycles. The second kappa shape index (κ2) is 3.33. The molecule has 2 nitrogen and oxygen atoms in total. The standard InChI is InChI=1S/C15H13ClO2/c16-9-3-4-10-11(6-9)15(18)13-8-2-1-7(5-8)12(13)14(10)17/h3-4,6-8,17-18H,1-2,5H2. The van der Waals surface area contributed by atoms with E-state index in [0.717, 1.165) is 30.4 Å². The molecule has 1 saturated carbocycles. The van der Waals surface area contributed by atoms with Gasteiger partial charge in [-0.25, -0.2) is 0 Å². The normalized spacial score (nSPS) is 24.7. The van der Waals surface area contributed by atoms with Crippen molar-refractivity contribution >= 4 is 22.4 Å². The van der Waals surface area contributed by atoms with Gasteiger partial charge in [0.15, 0.2) is 0 Å². The van der Waals surface area contributed by atoms with Crippen LogP contribution in [0.1, 0.15) is 42.2 Å². The Morgan fingerprint density at radius 3 is 2.22 bits per heavy atom. The number of phenolic OH excluding ortho intramolecular Hbond substituents is 2. The quantitative estimate of drug-likeness (QED) is 0.695. The molecule has 2 bridgehead atoms. The van der Waals surface area contributed by atoms with Crippen molar-refractivity contribution in [3.63, 3.8) is 0 Å². The monoisotopic (exact) mass is 260 g/mol. The van der Waals surface area contributed by atoms with Crippen LogP contribution in [0.4, 0.5) is 0 Å². The molecular formula is C15H13ClO2. The first kappa shape index (κ1) is 10.5. The lowest BCUT2D eigenvalue weighted by molar-refractivity contribution is 0.452. The molecule has 0 aromatic heterocycles. The van der Waals surface area contributed by atoms with Crippen molar-refractivity contribution in [3.05, 3.63) is 34.3 Å².